The van der Waals surface area contributed by atoms with Crippen molar-refractivity contribution in [3.05, 3.63) is 39.4 Å². The van der Waals surface area contributed by atoms with Crippen LogP contribution in [0.4, 0.5) is 5.69 Å². The van der Waals surface area contributed by atoms with Crippen LogP contribution in [-0.2, 0) is 19.1 Å². The lowest BCUT2D eigenvalue weighted by atomic mass is 9.94. The fourth-order valence-electron chi connectivity index (χ4n) is 1.90. The number of benzene rings is 1. The molecule has 0 spiro atoms. The van der Waals surface area contributed by atoms with Gasteiger partial charge >= 0.3 is 11.9 Å². The summed E-state index contributed by atoms with van der Waals surface area (Å²) in [6.45, 7) is 5.10. The van der Waals surface area contributed by atoms with E-state index in [9.17, 15) is 19.7 Å². The molecule has 1 rings (SSSR count). The highest BCUT2D eigenvalue weighted by Crippen LogP contribution is 2.26. The average Bonchev–Trinajstić information content (AvgIpc) is 2.41. The fraction of sp³-hybridized carbons (Fsp3) is 0.429. The molecule has 114 valence electrons. The highest BCUT2D eigenvalue weighted by atomic mass is 16.6. The van der Waals surface area contributed by atoms with E-state index >= 15 is 0 Å². The van der Waals surface area contributed by atoms with Gasteiger partial charge in [0.05, 0.1) is 18.1 Å². The molecule has 0 heterocycles. The minimum absolute atomic E-state index is 0.109. The first-order valence-electron chi connectivity index (χ1n) is 6.50. The Morgan fingerprint density at radius 3 is 2.10 bits per heavy atom. The third-order valence-electron chi connectivity index (χ3n) is 2.82. The number of carbonyl (C=O) groups is 2. The van der Waals surface area contributed by atoms with Crippen molar-refractivity contribution in [1.82, 2.24) is 0 Å². The number of ether oxygens (including phenoxy) is 2. The number of hydrogen-bond donors (Lipinski definition) is 0. The van der Waals surface area contributed by atoms with E-state index in [1.807, 2.05) is 0 Å². The zero-order valence-corrected chi connectivity index (χ0v) is 12.1. The van der Waals surface area contributed by atoms with Gasteiger partial charge < -0.3 is 9.47 Å². The summed E-state index contributed by atoms with van der Waals surface area (Å²) in [5.74, 6) is -2.69. The predicted octanol–water partition coefficient (Wildman–Crippen LogP) is 2.11. The summed E-state index contributed by atoms with van der Waals surface area (Å²) in [6.07, 6.45) is 0. The highest BCUT2D eigenvalue weighted by molar-refractivity contribution is 6.01. The number of nitro groups is 1. The monoisotopic (exact) mass is 295 g/mol. The first-order valence-corrected chi connectivity index (χ1v) is 6.50. The van der Waals surface area contributed by atoms with Gasteiger partial charge in [0, 0.05) is 12.1 Å². The second-order valence-electron chi connectivity index (χ2n) is 4.24. The van der Waals surface area contributed by atoms with E-state index in [1.165, 1.54) is 18.2 Å². The molecule has 1 aromatic rings. The largest absolute Gasteiger partial charge is 0.465 e. The van der Waals surface area contributed by atoms with E-state index in [0.717, 1.165) is 0 Å². The maximum Gasteiger partial charge on any atom is 0.324 e. The van der Waals surface area contributed by atoms with Crippen LogP contribution in [0, 0.1) is 17.0 Å². The Morgan fingerprint density at radius 1 is 1.19 bits per heavy atom. The Balaban J connectivity index is 3.22. The predicted molar refractivity (Wildman–Crippen MR) is 73.8 cm³/mol. The molecule has 7 heteroatoms. The zero-order chi connectivity index (χ0) is 16.0. The van der Waals surface area contributed by atoms with Crippen molar-refractivity contribution >= 4 is 17.6 Å². The van der Waals surface area contributed by atoms with Gasteiger partial charge in [-0.1, -0.05) is 6.07 Å². The molecule has 0 bridgehead atoms. The second kappa shape index (κ2) is 7.37. The molecular weight excluding hydrogens is 278 g/mol. The molecule has 0 unspecified atom stereocenters. The third-order valence-corrected chi connectivity index (χ3v) is 2.82. The molecule has 0 amide bonds. The molecule has 0 aliphatic rings. The molecule has 0 aliphatic heterocycles. The molecular formula is C14H17NO6. The molecule has 0 aliphatic carbocycles. The Bertz CT molecular complexity index is 536. The summed E-state index contributed by atoms with van der Waals surface area (Å²) in [4.78, 5) is 34.1. The molecule has 0 saturated carbocycles. The number of nitrogens with zero attached hydrogens (tertiary/aromatic N) is 1. The molecule has 0 aromatic heterocycles. The first kappa shape index (κ1) is 16.6. The van der Waals surface area contributed by atoms with E-state index in [1.54, 1.807) is 20.8 Å². The van der Waals surface area contributed by atoms with Crippen LogP contribution < -0.4 is 0 Å². The van der Waals surface area contributed by atoms with E-state index < -0.39 is 22.8 Å². The SMILES string of the molecule is CCOC(=O)C(C(=O)OCC)c1ccc([N+](=O)[O-])cc1C. The number of nitro benzene ring substituents is 1. The molecule has 0 fully saturated rings. The van der Waals surface area contributed by atoms with Crippen molar-refractivity contribution in [3.8, 4) is 0 Å². The topological polar surface area (TPSA) is 95.7 Å². The minimum atomic E-state index is -1.23. The second-order valence-corrected chi connectivity index (χ2v) is 4.24. The van der Waals surface area contributed by atoms with Crippen LogP contribution in [0.2, 0.25) is 0 Å². The number of non-ortho nitro benzene ring substituents is 1. The maximum absolute atomic E-state index is 12.0. The number of aryl methyl sites for hydroxylation is 1. The number of rotatable bonds is 6. The van der Waals surface area contributed by atoms with Crippen LogP contribution in [0.15, 0.2) is 18.2 Å². The van der Waals surface area contributed by atoms with Crippen molar-refractivity contribution in [2.24, 2.45) is 0 Å². The van der Waals surface area contributed by atoms with Crippen molar-refractivity contribution in [2.45, 2.75) is 26.7 Å². The fourth-order valence-corrected chi connectivity index (χ4v) is 1.90. The lowest BCUT2D eigenvalue weighted by molar-refractivity contribution is -0.384. The van der Waals surface area contributed by atoms with Gasteiger partial charge in [-0.05, 0) is 31.9 Å². The van der Waals surface area contributed by atoms with Gasteiger partial charge in [0.15, 0.2) is 5.92 Å². The van der Waals surface area contributed by atoms with Gasteiger partial charge in [-0.25, -0.2) is 0 Å². The Hall–Kier alpha value is -2.44. The summed E-state index contributed by atoms with van der Waals surface area (Å²) in [5, 5.41) is 10.7. The summed E-state index contributed by atoms with van der Waals surface area (Å²) in [5.41, 5.74) is 0.690. The van der Waals surface area contributed by atoms with Crippen LogP contribution in [0.25, 0.3) is 0 Å². The summed E-state index contributed by atoms with van der Waals surface area (Å²) in [6, 6.07) is 3.93. The van der Waals surface area contributed by atoms with Gasteiger partial charge in [-0.3, -0.25) is 19.7 Å². The van der Waals surface area contributed by atoms with Gasteiger partial charge in [0.1, 0.15) is 0 Å². The van der Waals surface area contributed by atoms with Crippen molar-refractivity contribution in [2.75, 3.05) is 13.2 Å². The Morgan fingerprint density at radius 2 is 1.71 bits per heavy atom. The van der Waals surface area contributed by atoms with E-state index in [2.05, 4.69) is 0 Å². The van der Waals surface area contributed by atoms with Crippen molar-refractivity contribution < 1.29 is 24.0 Å². The molecule has 0 atom stereocenters. The molecule has 0 radical (unpaired) electrons. The number of hydrogen-bond acceptors (Lipinski definition) is 6. The van der Waals surface area contributed by atoms with Crippen LogP contribution >= 0.6 is 0 Å². The van der Waals surface area contributed by atoms with Crippen LogP contribution in [-0.4, -0.2) is 30.1 Å². The van der Waals surface area contributed by atoms with E-state index in [4.69, 9.17) is 9.47 Å². The van der Waals surface area contributed by atoms with E-state index in [-0.39, 0.29) is 18.9 Å². The molecule has 0 saturated heterocycles. The van der Waals surface area contributed by atoms with Gasteiger partial charge in [-0.15, -0.1) is 0 Å². The third kappa shape index (κ3) is 4.01. The normalized spacial score (nSPS) is 10.3. The average molecular weight is 295 g/mol. The Kier molecular flexibility index (Phi) is 5.83. The summed E-state index contributed by atoms with van der Waals surface area (Å²) >= 11 is 0. The van der Waals surface area contributed by atoms with Crippen LogP contribution in [0.1, 0.15) is 30.9 Å². The van der Waals surface area contributed by atoms with Gasteiger partial charge in [0.25, 0.3) is 5.69 Å². The minimum Gasteiger partial charge on any atom is -0.465 e. The van der Waals surface area contributed by atoms with Crippen molar-refractivity contribution in [1.29, 1.82) is 0 Å². The van der Waals surface area contributed by atoms with Crippen LogP contribution in [0.3, 0.4) is 0 Å². The zero-order valence-electron chi connectivity index (χ0n) is 12.1. The molecule has 1 aromatic carbocycles. The number of carbonyl (C=O) groups excluding carboxylic acids is 2. The molecule has 7 nitrogen and oxygen atoms in total. The quantitative estimate of drug-likeness (QED) is 0.345. The smallest absolute Gasteiger partial charge is 0.324 e. The summed E-state index contributed by atoms with van der Waals surface area (Å²) in [7, 11) is 0. The maximum atomic E-state index is 12.0. The molecule has 0 N–H and O–H groups in total. The van der Waals surface area contributed by atoms with Gasteiger partial charge in [0.2, 0.25) is 0 Å². The standard InChI is InChI=1S/C14H17NO6/c1-4-20-13(16)12(14(17)21-5-2)11-7-6-10(15(18)19)8-9(11)3/h6-8,12H,4-5H2,1-3H3. The highest BCUT2D eigenvalue weighted by Gasteiger charge is 2.33. The summed E-state index contributed by atoms with van der Waals surface area (Å²) < 4.78 is 9.77. The van der Waals surface area contributed by atoms with Crippen LogP contribution in [0.5, 0.6) is 0 Å². The number of esters is 2. The lowest BCUT2D eigenvalue weighted by Gasteiger charge is -2.16. The van der Waals surface area contributed by atoms with Gasteiger partial charge in [-0.2, -0.15) is 0 Å². The Labute approximate surface area is 122 Å². The lowest BCUT2D eigenvalue weighted by Crippen LogP contribution is -2.26. The van der Waals surface area contributed by atoms with E-state index in [0.29, 0.717) is 11.1 Å². The van der Waals surface area contributed by atoms with Crippen molar-refractivity contribution in [3.63, 3.8) is 0 Å². The molecule has 21 heavy (non-hydrogen) atoms. The first-order chi connectivity index (χ1) is 9.92.